The van der Waals surface area contributed by atoms with Crippen LogP contribution in [0.4, 0.5) is 4.79 Å². The number of hydrogen-bond donors (Lipinski definition) is 1. The molecule has 0 radical (unpaired) electrons. The monoisotopic (exact) mass is 429 g/mol. The molecule has 0 unspecified atom stereocenters. The summed E-state index contributed by atoms with van der Waals surface area (Å²) in [7, 11) is 0. The Kier molecular flexibility index (Phi) is 7.52. The highest BCUT2D eigenvalue weighted by atomic mass is 35.5. The van der Waals surface area contributed by atoms with E-state index >= 15 is 0 Å². The fraction of sp³-hybridized carbons (Fsp3) is 0.611. The number of thiophene rings is 1. The van der Waals surface area contributed by atoms with Crippen LogP contribution >= 0.6 is 22.9 Å². The first-order chi connectivity index (χ1) is 13.5. The first-order valence-electron chi connectivity index (χ1n) is 9.37. The van der Waals surface area contributed by atoms with Crippen molar-refractivity contribution in [2.75, 3.05) is 45.9 Å². The van der Waals surface area contributed by atoms with Gasteiger partial charge in [-0.2, -0.15) is 0 Å². The predicted molar refractivity (Wildman–Crippen MR) is 105 cm³/mol. The third-order valence-electron chi connectivity index (χ3n) is 4.68. The lowest BCUT2D eigenvalue weighted by Crippen LogP contribution is -2.42. The highest BCUT2D eigenvalue weighted by Gasteiger charge is 2.31. The van der Waals surface area contributed by atoms with Gasteiger partial charge in [-0.05, 0) is 31.4 Å². The van der Waals surface area contributed by atoms with Crippen LogP contribution in [0.5, 0.6) is 0 Å². The molecule has 1 aromatic heterocycles. The maximum atomic E-state index is 12.0. The van der Waals surface area contributed by atoms with Crippen molar-refractivity contribution >= 4 is 40.8 Å². The van der Waals surface area contributed by atoms with Crippen molar-refractivity contribution in [2.45, 2.75) is 25.4 Å². The van der Waals surface area contributed by atoms with Gasteiger partial charge in [0.2, 0.25) is 5.91 Å². The van der Waals surface area contributed by atoms with Gasteiger partial charge in [-0.1, -0.05) is 11.6 Å². The molecule has 3 rings (SSSR count). The van der Waals surface area contributed by atoms with Gasteiger partial charge in [-0.15, -0.1) is 11.3 Å². The Morgan fingerprint density at radius 1 is 1.21 bits per heavy atom. The zero-order valence-electron chi connectivity index (χ0n) is 15.5. The third-order valence-corrected chi connectivity index (χ3v) is 5.91. The van der Waals surface area contributed by atoms with Gasteiger partial charge in [0.05, 0.1) is 28.9 Å². The zero-order chi connectivity index (χ0) is 19.9. The second-order valence-corrected chi connectivity index (χ2v) is 8.47. The van der Waals surface area contributed by atoms with E-state index in [0.29, 0.717) is 35.5 Å². The molecule has 154 valence electrons. The molecule has 1 N–H and O–H groups in total. The number of cyclic esters (lactones) is 1. The van der Waals surface area contributed by atoms with Gasteiger partial charge < -0.3 is 24.6 Å². The standard InChI is InChI=1S/C18H24ClN3O5S/c19-15-5-4-14(28-15)17(24)20-10-13-11-22(18(25)27-13)7-3-1-2-6-21-8-9-26-12-16(21)23/h4-5,13H,1-3,6-12H2,(H,20,24)/t13-/m0/s1. The fourth-order valence-electron chi connectivity index (χ4n) is 3.16. The normalized spacial score (nSPS) is 19.8. The first kappa shape index (κ1) is 20.9. The van der Waals surface area contributed by atoms with Crippen LogP contribution in [-0.4, -0.2) is 79.7 Å². The Labute approximate surface area is 172 Å². The molecule has 0 aliphatic carbocycles. The van der Waals surface area contributed by atoms with E-state index in [2.05, 4.69) is 5.32 Å². The van der Waals surface area contributed by atoms with E-state index in [9.17, 15) is 14.4 Å². The summed E-state index contributed by atoms with van der Waals surface area (Å²) in [6, 6.07) is 3.34. The van der Waals surface area contributed by atoms with Crippen LogP contribution in [0.25, 0.3) is 0 Å². The Bertz CT molecular complexity index is 713. The predicted octanol–water partition coefficient (Wildman–Crippen LogP) is 1.98. The molecule has 0 bridgehead atoms. The number of halogens is 1. The zero-order valence-corrected chi connectivity index (χ0v) is 17.1. The molecular weight excluding hydrogens is 406 g/mol. The molecule has 1 aromatic rings. The molecule has 10 heteroatoms. The average molecular weight is 430 g/mol. The molecule has 0 aromatic carbocycles. The molecule has 8 nitrogen and oxygen atoms in total. The molecule has 3 amide bonds. The summed E-state index contributed by atoms with van der Waals surface area (Å²) in [4.78, 5) is 39.7. The molecule has 1 atom stereocenters. The molecule has 3 heterocycles. The van der Waals surface area contributed by atoms with Gasteiger partial charge >= 0.3 is 6.09 Å². The summed E-state index contributed by atoms with van der Waals surface area (Å²) in [6.07, 6.45) is 1.98. The van der Waals surface area contributed by atoms with Gasteiger partial charge in [-0.3, -0.25) is 9.59 Å². The number of carbonyl (C=O) groups is 3. The minimum atomic E-state index is -0.349. The Hall–Kier alpha value is -1.84. The maximum Gasteiger partial charge on any atom is 0.410 e. The molecular formula is C18H24ClN3O5S. The number of ether oxygens (including phenoxy) is 2. The lowest BCUT2D eigenvalue weighted by Gasteiger charge is -2.26. The fourth-order valence-corrected chi connectivity index (χ4v) is 4.12. The van der Waals surface area contributed by atoms with E-state index in [4.69, 9.17) is 21.1 Å². The number of amides is 3. The minimum absolute atomic E-state index is 0.0454. The topological polar surface area (TPSA) is 88.2 Å². The summed E-state index contributed by atoms with van der Waals surface area (Å²) in [6.45, 7) is 3.51. The van der Waals surface area contributed by atoms with Crippen LogP contribution in [0.2, 0.25) is 4.34 Å². The summed E-state index contributed by atoms with van der Waals surface area (Å²) in [5.74, 6) is -0.173. The van der Waals surface area contributed by atoms with Crippen LogP contribution in [0.15, 0.2) is 12.1 Å². The van der Waals surface area contributed by atoms with E-state index in [1.165, 1.54) is 11.3 Å². The SMILES string of the molecule is O=C(NC[C@H]1CN(CCCCCN2CCOCC2=O)C(=O)O1)c1ccc(Cl)s1. The first-order valence-corrected chi connectivity index (χ1v) is 10.6. The lowest BCUT2D eigenvalue weighted by atomic mass is 10.2. The highest BCUT2D eigenvalue weighted by molar-refractivity contribution is 7.17. The van der Waals surface area contributed by atoms with Crippen LogP contribution in [0, 0.1) is 0 Å². The number of nitrogens with one attached hydrogen (secondary N) is 1. The summed E-state index contributed by atoms with van der Waals surface area (Å²) in [5, 5.41) is 2.77. The summed E-state index contributed by atoms with van der Waals surface area (Å²) >= 11 is 7.04. The third kappa shape index (κ3) is 5.83. The van der Waals surface area contributed by atoms with Crippen molar-refractivity contribution in [3.63, 3.8) is 0 Å². The van der Waals surface area contributed by atoms with Crippen molar-refractivity contribution in [2.24, 2.45) is 0 Å². The second kappa shape index (κ2) is 10.1. The lowest BCUT2D eigenvalue weighted by molar-refractivity contribution is -0.142. The second-order valence-electron chi connectivity index (χ2n) is 6.76. The van der Waals surface area contributed by atoms with Gasteiger partial charge in [-0.25, -0.2) is 4.79 Å². The number of morpholine rings is 1. The number of unbranched alkanes of at least 4 members (excludes halogenated alkanes) is 2. The molecule has 28 heavy (non-hydrogen) atoms. The molecule has 0 spiro atoms. The number of rotatable bonds is 9. The Balaban J connectivity index is 1.30. The molecule has 2 saturated heterocycles. The van der Waals surface area contributed by atoms with Crippen LogP contribution in [0.1, 0.15) is 28.9 Å². The van der Waals surface area contributed by atoms with Gasteiger partial charge in [0.15, 0.2) is 0 Å². The number of carbonyl (C=O) groups excluding carboxylic acids is 3. The van der Waals surface area contributed by atoms with Gasteiger partial charge in [0, 0.05) is 19.6 Å². The highest BCUT2D eigenvalue weighted by Crippen LogP contribution is 2.21. The molecule has 2 aliphatic heterocycles. The van der Waals surface area contributed by atoms with Crippen molar-refractivity contribution in [3.8, 4) is 0 Å². The van der Waals surface area contributed by atoms with Crippen molar-refractivity contribution in [1.29, 1.82) is 0 Å². The smallest absolute Gasteiger partial charge is 0.410 e. The Morgan fingerprint density at radius 3 is 2.71 bits per heavy atom. The van der Waals surface area contributed by atoms with Crippen LogP contribution in [0.3, 0.4) is 0 Å². The average Bonchev–Trinajstić information content (AvgIpc) is 3.26. The van der Waals surface area contributed by atoms with Crippen molar-refractivity contribution in [1.82, 2.24) is 15.1 Å². The summed E-state index contributed by atoms with van der Waals surface area (Å²) < 4.78 is 11.0. The van der Waals surface area contributed by atoms with Gasteiger partial charge in [0.25, 0.3) is 5.91 Å². The van der Waals surface area contributed by atoms with Crippen LogP contribution in [-0.2, 0) is 14.3 Å². The molecule has 0 saturated carbocycles. The molecule has 2 aliphatic rings. The van der Waals surface area contributed by atoms with E-state index in [1.54, 1.807) is 17.0 Å². The van der Waals surface area contributed by atoms with Crippen molar-refractivity contribution in [3.05, 3.63) is 21.3 Å². The number of hydrogen-bond acceptors (Lipinski definition) is 6. The van der Waals surface area contributed by atoms with Gasteiger partial charge in [0.1, 0.15) is 12.7 Å². The molecule has 2 fully saturated rings. The number of nitrogens with zero attached hydrogens (tertiary/aromatic N) is 2. The van der Waals surface area contributed by atoms with E-state index in [-0.39, 0.29) is 37.2 Å². The van der Waals surface area contributed by atoms with E-state index < -0.39 is 0 Å². The largest absolute Gasteiger partial charge is 0.442 e. The van der Waals surface area contributed by atoms with E-state index in [0.717, 1.165) is 25.8 Å². The quantitative estimate of drug-likeness (QED) is 0.606. The van der Waals surface area contributed by atoms with E-state index in [1.807, 2.05) is 4.90 Å². The summed E-state index contributed by atoms with van der Waals surface area (Å²) in [5.41, 5.74) is 0. The maximum absolute atomic E-state index is 12.0. The Morgan fingerprint density at radius 2 is 2.00 bits per heavy atom. The van der Waals surface area contributed by atoms with Crippen LogP contribution < -0.4 is 5.32 Å². The minimum Gasteiger partial charge on any atom is -0.442 e. The van der Waals surface area contributed by atoms with Crippen molar-refractivity contribution < 1.29 is 23.9 Å².